The number of carbonyl (C=O) groups is 1. The van der Waals surface area contributed by atoms with Gasteiger partial charge in [-0.05, 0) is 43.2 Å². The number of nitrogens with zero attached hydrogens (tertiary/aromatic N) is 3. The smallest absolute Gasteiger partial charge is 0.338 e. The molecule has 1 unspecified atom stereocenters. The second-order valence-corrected chi connectivity index (χ2v) is 8.07. The maximum absolute atomic E-state index is 13.4. The van der Waals surface area contributed by atoms with Crippen LogP contribution in [-0.2, 0) is 9.53 Å². The first-order valence-corrected chi connectivity index (χ1v) is 10.7. The van der Waals surface area contributed by atoms with Gasteiger partial charge in [-0.1, -0.05) is 41.7 Å². The van der Waals surface area contributed by atoms with Crippen LogP contribution < -0.4 is 14.9 Å². The summed E-state index contributed by atoms with van der Waals surface area (Å²) in [6.07, 6.45) is 1.67. The van der Waals surface area contributed by atoms with Crippen molar-refractivity contribution in [2.45, 2.75) is 19.9 Å². The number of non-ortho nitro benzene ring substituents is 1. The summed E-state index contributed by atoms with van der Waals surface area (Å²) in [6.45, 7) is 3.67. The van der Waals surface area contributed by atoms with Crippen LogP contribution in [0, 0.1) is 10.1 Å². The summed E-state index contributed by atoms with van der Waals surface area (Å²) in [5, 5.41) is 10.9. The number of benzene rings is 2. The maximum atomic E-state index is 13.4. The molecule has 1 atom stereocenters. The van der Waals surface area contributed by atoms with E-state index < -0.39 is 16.9 Å². The van der Waals surface area contributed by atoms with E-state index >= 15 is 0 Å². The van der Waals surface area contributed by atoms with Gasteiger partial charge in [0.1, 0.15) is 0 Å². The number of aromatic nitrogens is 1. The largest absolute Gasteiger partial charge is 0.463 e. The van der Waals surface area contributed by atoms with Crippen molar-refractivity contribution in [3.63, 3.8) is 0 Å². The van der Waals surface area contributed by atoms with Crippen molar-refractivity contribution in [1.29, 1.82) is 0 Å². The molecular formula is C23H19N3O5S. The third kappa shape index (κ3) is 3.90. The number of carbonyl (C=O) groups excluding carboxylic acids is 1. The number of rotatable bonds is 5. The van der Waals surface area contributed by atoms with Gasteiger partial charge in [0.25, 0.3) is 11.2 Å². The summed E-state index contributed by atoms with van der Waals surface area (Å²) < 4.78 is 7.18. The average molecular weight is 449 g/mol. The zero-order valence-electron chi connectivity index (χ0n) is 17.3. The van der Waals surface area contributed by atoms with Gasteiger partial charge < -0.3 is 4.74 Å². The summed E-state index contributed by atoms with van der Waals surface area (Å²) in [5.74, 6) is -0.507. The number of nitro groups is 1. The second kappa shape index (κ2) is 8.72. The van der Waals surface area contributed by atoms with Crippen molar-refractivity contribution < 1.29 is 14.5 Å². The standard InChI is InChI=1S/C23H19N3O5S/c1-3-31-22(28)19-14(2)24-23-25(20(19)16-7-5-4-6-8-16)21(27)18(32-23)13-15-9-11-17(12-10-15)26(29)30/h4-13,20H,3H2,1-2H3. The monoisotopic (exact) mass is 449 g/mol. The fourth-order valence-electron chi connectivity index (χ4n) is 3.59. The van der Waals surface area contributed by atoms with Crippen LogP contribution in [0.1, 0.15) is 31.0 Å². The van der Waals surface area contributed by atoms with Crippen molar-refractivity contribution in [2.75, 3.05) is 6.61 Å². The van der Waals surface area contributed by atoms with Crippen molar-refractivity contribution in [3.05, 3.63) is 107 Å². The Hall–Kier alpha value is -3.85. The van der Waals surface area contributed by atoms with Crippen molar-refractivity contribution in [2.24, 2.45) is 4.99 Å². The first-order chi connectivity index (χ1) is 15.4. The number of hydrogen-bond donors (Lipinski definition) is 0. The van der Waals surface area contributed by atoms with Crippen LogP contribution in [0.4, 0.5) is 5.69 Å². The van der Waals surface area contributed by atoms with Crippen LogP contribution in [0.5, 0.6) is 0 Å². The number of thiazole rings is 1. The lowest BCUT2D eigenvalue weighted by molar-refractivity contribution is -0.384. The van der Waals surface area contributed by atoms with Crippen LogP contribution in [-0.4, -0.2) is 22.1 Å². The van der Waals surface area contributed by atoms with E-state index in [2.05, 4.69) is 4.99 Å². The fourth-order valence-corrected chi connectivity index (χ4v) is 4.63. The lowest BCUT2D eigenvalue weighted by Gasteiger charge is -2.24. The van der Waals surface area contributed by atoms with E-state index in [1.165, 1.54) is 28.0 Å². The normalized spacial score (nSPS) is 15.8. The molecule has 0 radical (unpaired) electrons. The maximum Gasteiger partial charge on any atom is 0.338 e. The van der Waals surface area contributed by atoms with Crippen LogP contribution in [0.15, 0.2) is 75.7 Å². The molecule has 2 heterocycles. The first-order valence-electron chi connectivity index (χ1n) is 9.89. The Bertz CT molecular complexity index is 1400. The Morgan fingerprint density at radius 2 is 1.91 bits per heavy atom. The molecule has 0 saturated heterocycles. The molecule has 1 aromatic heterocycles. The molecule has 162 valence electrons. The van der Waals surface area contributed by atoms with Gasteiger partial charge in [0.05, 0.1) is 33.4 Å². The minimum absolute atomic E-state index is 0.0256. The summed E-state index contributed by atoms with van der Waals surface area (Å²) in [6, 6.07) is 14.6. The highest BCUT2D eigenvalue weighted by atomic mass is 32.1. The van der Waals surface area contributed by atoms with E-state index in [-0.39, 0.29) is 17.9 Å². The van der Waals surface area contributed by atoms with Gasteiger partial charge in [0.2, 0.25) is 0 Å². The summed E-state index contributed by atoms with van der Waals surface area (Å²) in [4.78, 5) is 41.6. The number of ether oxygens (including phenoxy) is 1. The van der Waals surface area contributed by atoms with E-state index in [9.17, 15) is 19.7 Å². The van der Waals surface area contributed by atoms with Gasteiger partial charge >= 0.3 is 5.97 Å². The Kier molecular flexibility index (Phi) is 5.83. The molecule has 4 rings (SSSR count). The topological polar surface area (TPSA) is 104 Å². The summed E-state index contributed by atoms with van der Waals surface area (Å²) in [7, 11) is 0. The van der Waals surface area contributed by atoms with E-state index in [1.807, 2.05) is 30.3 Å². The molecule has 3 aromatic rings. The minimum atomic E-state index is -0.662. The van der Waals surface area contributed by atoms with E-state index in [1.54, 1.807) is 32.1 Å². The number of allylic oxidation sites excluding steroid dienone is 1. The number of esters is 1. The lowest BCUT2D eigenvalue weighted by Crippen LogP contribution is -2.39. The van der Waals surface area contributed by atoms with Gasteiger partial charge in [0, 0.05) is 12.1 Å². The summed E-state index contributed by atoms with van der Waals surface area (Å²) in [5.41, 5.74) is 1.93. The Labute approximate surface area is 186 Å². The predicted octanol–water partition coefficient (Wildman–Crippen LogP) is 2.71. The predicted molar refractivity (Wildman–Crippen MR) is 120 cm³/mol. The van der Waals surface area contributed by atoms with E-state index in [0.717, 1.165) is 5.56 Å². The SMILES string of the molecule is CCOC(=O)C1=C(C)N=c2sc(=Cc3ccc([N+](=O)[O-])cc3)c(=O)n2C1c1ccccc1. The van der Waals surface area contributed by atoms with Crippen molar-refractivity contribution in [1.82, 2.24) is 4.57 Å². The first kappa shape index (κ1) is 21.4. The van der Waals surface area contributed by atoms with E-state index in [0.29, 0.717) is 26.2 Å². The molecular weight excluding hydrogens is 430 g/mol. The third-order valence-electron chi connectivity index (χ3n) is 5.03. The molecule has 0 bridgehead atoms. The molecule has 0 N–H and O–H groups in total. The molecule has 0 spiro atoms. The summed E-state index contributed by atoms with van der Waals surface area (Å²) >= 11 is 1.20. The molecule has 2 aromatic carbocycles. The lowest BCUT2D eigenvalue weighted by atomic mass is 9.96. The van der Waals surface area contributed by atoms with Gasteiger partial charge in [-0.25, -0.2) is 9.79 Å². The van der Waals surface area contributed by atoms with Crippen molar-refractivity contribution in [3.8, 4) is 0 Å². The molecule has 0 aliphatic carbocycles. The Balaban J connectivity index is 1.90. The second-order valence-electron chi connectivity index (χ2n) is 7.06. The van der Waals surface area contributed by atoms with Crippen molar-refractivity contribution >= 4 is 29.1 Å². The average Bonchev–Trinajstić information content (AvgIpc) is 3.08. The zero-order valence-corrected chi connectivity index (χ0v) is 18.2. The van der Waals surface area contributed by atoms with E-state index in [4.69, 9.17) is 4.74 Å². The highest BCUT2D eigenvalue weighted by molar-refractivity contribution is 7.07. The van der Waals surface area contributed by atoms with Gasteiger partial charge in [-0.3, -0.25) is 19.5 Å². The van der Waals surface area contributed by atoms with Crippen LogP contribution >= 0.6 is 11.3 Å². The molecule has 9 heteroatoms. The Morgan fingerprint density at radius 1 is 1.22 bits per heavy atom. The van der Waals surface area contributed by atoms with Crippen LogP contribution in [0.3, 0.4) is 0 Å². The fraction of sp³-hybridized carbons (Fsp3) is 0.174. The number of fused-ring (bicyclic) bond motifs is 1. The molecule has 0 amide bonds. The highest BCUT2D eigenvalue weighted by Crippen LogP contribution is 2.30. The molecule has 32 heavy (non-hydrogen) atoms. The molecule has 0 saturated carbocycles. The molecule has 0 fully saturated rings. The van der Waals surface area contributed by atoms with Gasteiger partial charge in [-0.2, -0.15) is 0 Å². The van der Waals surface area contributed by atoms with Crippen LogP contribution in [0.25, 0.3) is 6.08 Å². The van der Waals surface area contributed by atoms with Gasteiger partial charge in [-0.15, -0.1) is 0 Å². The Morgan fingerprint density at radius 3 is 2.53 bits per heavy atom. The molecule has 1 aliphatic heterocycles. The molecule has 8 nitrogen and oxygen atoms in total. The number of nitro benzene ring substituents is 1. The zero-order chi connectivity index (χ0) is 22.8. The molecule has 1 aliphatic rings. The van der Waals surface area contributed by atoms with Gasteiger partial charge in [0.15, 0.2) is 4.80 Å². The number of hydrogen-bond acceptors (Lipinski definition) is 7. The highest BCUT2D eigenvalue weighted by Gasteiger charge is 2.33. The quantitative estimate of drug-likeness (QED) is 0.338. The minimum Gasteiger partial charge on any atom is -0.463 e. The van der Waals surface area contributed by atoms with Crippen LogP contribution in [0.2, 0.25) is 0 Å². The third-order valence-corrected chi connectivity index (χ3v) is 6.02.